The van der Waals surface area contributed by atoms with E-state index in [4.69, 9.17) is 4.98 Å². The number of hydrogen-bond donors (Lipinski definition) is 1. The van der Waals surface area contributed by atoms with E-state index in [1.54, 1.807) is 0 Å². The molecule has 3 heterocycles. The topological polar surface area (TPSA) is 49.7 Å². The van der Waals surface area contributed by atoms with Crippen molar-refractivity contribution >= 4 is 11.0 Å². The quantitative estimate of drug-likeness (QED) is 0.729. The number of rotatable bonds is 5. The molecule has 128 valence electrons. The Bertz CT molecular complexity index is 917. The molecule has 0 unspecified atom stereocenters. The summed E-state index contributed by atoms with van der Waals surface area (Å²) < 4.78 is 2.30. The first-order valence-corrected chi connectivity index (χ1v) is 9.17. The molecule has 1 N–H and O–H groups in total. The van der Waals surface area contributed by atoms with E-state index < -0.39 is 0 Å². The highest BCUT2D eigenvalue weighted by molar-refractivity contribution is 5.76. The first kappa shape index (κ1) is 14.9. The van der Waals surface area contributed by atoms with Crippen LogP contribution in [-0.2, 0) is 13.0 Å². The minimum absolute atomic E-state index is 0.128. The van der Waals surface area contributed by atoms with Crippen molar-refractivity contribution in [3.05, 3.63) is 60.5 Å². The maximum Gasteiger partial charge on any atom is 0.133 e. The number of H-pyrrole nitrogens is 1. The van der Waals surface area contributed by atoms with Crippen molar-refractivity contribution in [3.63, 3.8) is 0 Å². The van der Waals surface area contributed by atoms with Crippen molar-refractivity contribution in [3.8, 4) is 0 Å². The average molecular weight is 333 g/mol. The van der Waals surface area contributed by atoms with E-state index in [1.807, 2.05) is 12.4 Å². The fraction of sp³-hybridized carbons (Fsp3) is 0.400. The normalized spacial score (nSPS) is 20.7. The second-order valence-corrected chi connectivity index (χ2v) is 7.22. The molecular weight excluding hydrogens is 310 g/mol. The van der Waals surface area contributed by atoms with Crippen LogP contribution in [-0.4, -0.2) is 37.5 Å². The molecule has 5 rings (SSSR count). The average Bonchev–Trinajstić information content (AvgIpc) is 3.19. The minimum Gasteiger partial charge on any atom is -0.348 e. The Morgan fingerprint density at radius 1 is 1.28 bits per heavy atom. The Balaban J connectivity index is 1.67. The van der Waals surface area contributed by atoms with Gasteiger partial charge in [0.2, 0.25) is 0 Å². The third-order valence-corrected chi connectivity index (χ3v) is 5.45. The van der Waals surface area contributed by atoms with Gasteiger partial charge in [-0.2, -0.15) is 0 Å². The molecule has 1 aliphatic carbocycles. The molecule has 1 fully saturated rings. The van der Waals surface area contributed by atoms with Gasteiger partial charge in [-0.15, -0.1) is 6.58 Å². The van der Waals surface area contributed by atoms with Gasteiger partial charge >= 0.3 is 0 Å². The lowest BCUT2D eigenvalue weighted by Gasteiger charge is -2.34. The first-order chi connectivity index (χ1) is 12.3. The van der Waals surface area contributed by atoms with Crippen LogP contribution in [0.2, 0.25) is 0 Å². The highest BCUT2D eigenvalue weighted by Crippen LogP contribution is 2.38. The van der Waals surface area contributed by atoms with Crippen LogP contribution in [0.15, 0.2) is 43.2 Å². The monoisotopic (exact) mass is 333 g/mol. The standard InChI is InChI=1S/C20H23N5/c1-2-10-25-17-6-4-3-5-15(17)23-20(25)19-18-16(21-13-22-18)9-11-24(19)12-14-7-8-14/h2-6,13-14,19H,1,7-12H2,(H,21,22)/t19-/m1/s1. The summed E-state index contributed by atoms with van der Waals surface area (Å²) in [6.07, 6.45) is 7.55. The SMILES string of the molecule is C=CCn1c([C@H]2c3nc[nH]c3CCN2CC2CC2)nc2ccccc21. The van der Waals surface area contributed by atoms with E-state index >= 15 is 0 Å². The molecule has 0 bridgehead atoms. The maximum absolute atomic E-state index is 5.03. The van der Waals surface area contributed by atoms with E-state index in [0.29, 0.717) is 0 Å². The first-order valence-electron chi connectivity index (χ1n) is 9.17. The number of fused-ring (bicyclic) bond motifs is 2. The summed E-state index contributed by atoms with van der Waals surface area (Å²) in [6.45, 7) is 6.93. The van der Waals surface area contributed by atoms with E-state index in [0.717, 1.165) is 49.0 Å². The summed E-state index contributed by atoms with van der Waals surface area (Å²) in [5.41, 5.74) is 4.63. The predicted octanol–water partition coefficient (Wildman–Crippen LogP) is 3.30. The summed E-state index contributed by atoms with van der Waals surface area (Å²) >= 11 is 0. The molecule has 5 nitrogen and oxygen atoms in total. The Morgan fingerprint density at radius 3 is 3.00 bits per heavy atom. The number of nitrogens with one attached hydrogen (secondary N) is 1. The minimum atomic E-state index is 0.128. The number of hydrogen-bond acceptors (Lipinski definition) is 3. The maximum atomic E-state index is 5.03. The molecule has 0 radical (unpaired) electrons. The molecule has 1 aliphatic heterocycles. The van der Waals surface area contributed by atoms with Crippen LogP contribution in [0.1, 0.15) is 36.1 Å². The number of allylic oxidation sites excluding steroid dienone is 1. The number of nitrogens with zero attached hydrogens (tertiary/aromatic N) is 4. The number of aromatic amines is 1. The molecule has 2 aliphatic rings. The van der Waals surface area contributed by atoms with Crippen LogP contribution in [0.5, 0.6) is 0 Å². The van der Waals surface area contributed by atoms with Gasteiger partial charge in [0.1, 0.15) is 11.9 Å². The van der Waals surface area contributed by atoms with Crippen molar-refractivity contribution in [2.75, 3.05) is 13.1 Å². The zero-order valence-electron chi connectivity index (χ0n) is 14.4. The lowest BCUT2D eigenvalue weighted by Crippen LogP contribution is -2.39. The van der Waals surface area contributed by atoms with Crippen molar-refractivity contribution in [1.82, 2.24) is 24.4 Å². The summed E-state index contributed by atoms with van der Waals surface area (Å²) in [5, 5.41) is 0. The lowest BCUT2D eigenvalue weighted by atomic mass is 10.0. The fourth-order valence-corrected chi connectivity index (χ4v) is 4.06. The Labute approximate surface area is 147 Å². The van der Waals surface area contributed by atoms with Crippen molar-refractivity contribution in [2.24, 2.45) is 5.92 Å². The molecular formula is C20H23N5. The second-order valence-electron chi connectivity index (χ2n) is 7.22. The van der Waals surface area contributed by atoms with Crippen LogP contribution < -0.4 is 0 Å². The molecule has 5 heteroatoms. The van der Waals surface area contributed by atoms with Crippen LogP contribution >= 0.6 is 0 Å². The third-order valence-electron chi connectivity index (χ3n) is 5.45. The van der Waals surface area contributed by atoms with Gasteiger partial charge in [-0.1, -0.05) is 18.2 Å². The molecule has 3 aromatic rings. The molecule has 2 aromatic heterocycles. The van der Waals surface area contributed by atoms with Crippen molar-refractivity contribution in [1.29, 1.82) is 0 Å². The fourth-order valence-electron chi connectivity index (χ4n) is 4.06. The van der Waals surface area contributed by atoms with Gasteiger partial charge < -0.3 is 9.55 Å². The van der Waals surface area contributed by atoms with Gasteiger partial charge in [-0.25, -0.2) is 9.97 Å². The zero-order chi connectivity index (χ0) is 16.8. The molecule has 25 heavy (non-hydrogen) atoms. The Hall–Kier alpha value is -2.40. The van der Waals surface area contributed by atoms with Gasteiger partial charge in [-0.05, 0) is 30.9 Å². The third kappa shape index (κ3) is 2.50. The number of para-hydroxylation sites is 2. The smallest absolute Gasteiger partial charge is 0.133 e. The van der Waals surface area contributed by atoms with E-state index in [-0.39, 0.29) is 6.04 Å². The highest BCUT2D eigenvalue weighted by Gasteiger charge is 2.37. The zero-order valence-corrected chi connectivity index (χ0v) is 14.4. The van der Waals surface area contributed by atoms with Crippen molar-refractivity contribution < 1.29 is 0 Å². The summed E-state index contributed by atoms with van der Waals surface area (Å²) in [7, 11) is 0. The number of imidazole rings is 2. The summed E-state index contributed by atoms with van der Waals surface area (Å²) in [4.78, 5) is 15.6. The molecule has 1 saturated carbocycles. The van der Waals surface area contributed by atoms with Crippen molar-refractivity contribution in [2.45, 2.75) is 31.8 Å². The van der Waals surface area contributed by atoms with E-state index in [2.05, 4.69) is 50.3 Å². The van der Waals surface area contributed by atoms with Crippen LogP contribution in [0.3, 0.4) is 0 Å². The second kappa shape index (κ2) is 5.85. The van der Waals surface area contributed by atoms with Gasteiger partial charge in [0.05, 0.1) is 23.1 Å². The largest absolute Gasteiger partial charge is 0.348 e. The molecule has 1 aromatic carbocycles. The highest BCUT2D eigenvalue weighted by atomic mass is 15.2. The van der Waals surface area contributed by atoms with Crippen LogP contribution in [0.4, 0.5) is 0 Å². The van der Waals surface area contributed by atoms with E-state index in [9.17, 15) is 0 Å². The van der Waals surface area contributed by atoms with Gasteiger partial charge in [0, 0.05) is 31.7 Å². The number of benzene rings is 1. The van der Waals surface area contributed by atoms with Crippen LogP contribution in [0, 0.1) is 5.92 Å². The Morgan fingerprint density at radius 2 is 2.16 bits per heavy atom. The summed E-state index contributed by atoms with van der Waals surface area (Å²) in [6, 6.07) is 8.51. The number of aromatic nitrogens is 4. The van der Waals surface area contributed by atoms with Crippen LogP contribution in [0.25, 0.3) is 11.0 Å². The molecule has 0 saturated heterocycles. The summed E-state index contributed by atoms with van der Waals surface area (Å²) in [5.74, 6) is 1.94. The predicted molar refractivity (Wildman–Crippen MR) is 98.4 cm³/mol. The Kier molecular flexibility index (Phi) is 3.48. The lowest BCUT2D eigenvalue weighted by molar-refractivity contribution is 0.191. The molecule has 1 atom stereocenters. The van der Waals surface area contributed by atoms with Gasteiger partial charge in [0.15, 0.2) is 0 Å². The molecule has 0 spiro atoms. The van der Waals surface area contributed by atoms with Gasteiger partial charge in [-0.3, -0.25) is 4.90 Å². The molecule has 0 amide bonds. The van der Waals surface area contributed by atoms with Gasteiger partial charge in [0.25, 0.3) is 0 Å². The van der Waals surface area contributed by atoms with E-state index in [1.165, 1.54) is 24.1 Å².